The van der Waals surface area contributed by atoms with Crippen LogP contribution in [0.15, 0.2) is 0 Å². The summed E-state index contributed by atoms with van der Waals surface area (Å²) in [6, 6.07) is 0. The van der Waals surface area contributed by atoms with Gasteiger partial charge in [0, 0.05) is 0 Å². The topological polar surface area (TPSA) is 26.1 Å². The number of hydrogen-bond donors (Lipinski definition) is 1. The van der Waals surface area contributed by atoms with Gasteiger partial charge in [0.2, 0.25) is 0 Å². The van der Waals surface area contributed by atoms with E-state index >= 15 is 0 Å². The molecular formula is C4H9LiN2. The Hall–Kier alpha value is 0.517. The van der Waals surface area contributed by atoms with Crippen LogP contribution in [0, 0.1) is 0 Å². The zero-order valence-electron chi connectivity index (χ0n) is 4.78. The number of nitrogens with zero attached hydrogens (tertiary/aromatic N) is 1. The third kappa shape index (κ3) is 3.13. The third-order valence-electron chi connectivity index (χ3n) is 0.893. The maximum absolute atomic E-state index is 4.11. The van der Waals surface area contributed by atoms with Crippen molar-refractivity contribution in [2.75, 3.05) is 26.2 Å². The van der Waals surface area contributed by atoms with Crippen molar-refractivity contribution in [2.45, 2.75) is 0 Å². The molecule has 0 bridgehead atoms. The van der Waals surface area contributed by atoms with Gasteiger partial charge in [0.05, 0.1) is 0 Å². The van der Waals surface area contributed by atoms with E-state index in [-0.39, 0.29) is 18.9 Å². The van der Waals surface area contributed by atoms with Crippen LogP contribution >= 0.6 is 0 Å². The van der Waals surface area contributed by atoms with E-state index in [2.05, 4.69) is 10.6 Å². The molecule has 0 saturated carbocycles. The van der Waals surface area contributed by atoms with Gasteiger partial charge in [-0.05, 0) is 13.1 Å². The van der Waals surface area contributed by atoms with Crippen LogP contribution in [0.1, 0.15) is 0 Å². The molecule has 1 saturated heterocycles. The Bertz CT molecular complexity index is 25.2. The van der Waals surface area contributed by atoms with E-state index < -0.39 is 0 Å². The minimum atomic E-state index is 0. The molecule has 7 heavy (non-hydrogen) atoms. The molecule has 2 nitrogen and oxygen atoms in total. The Labute approximate surface area is 56.2 Å². The molecule has 1 heterocycles. The molecule has 1 aliphatic heterocycles. The number of nitrogens with one attached hydrogen (secondary N) is 1. The summed E-state index contributed by atoms with van der Waals surface area (Å²) in [5.41, 5.74) is 0. The van der Waals surface area contributed by atoms with Gasteiger partial charge in [0.25, 0.3) is 0 Å². The van der Waals surface area contributed by atoms with Crippen molar-refractivity contribution in [1.29, 1.82) is 0 Å². The summed E-state index contributed by atoms with van der Waals surface area (Å²) >= 11 is 0. The summed E-state index contributed by atoms with van der Waals surface area (Å²) in [4.78, 5) is 0. The molecule has 1 rings (SSSR count). The van der Waals surface area contributed by atoms with Gasteiger partial charge in [0.1, 0.15) is 0 Å². The zero-order valence-corrected chi connectivity index (χ0v) is 4.78. The second kappa shape index (κ2) is 4.67. The largest absolute Gasteiger partial charge is 1.00 e. The molecule has 0 atom stereocenters. The van der Waals surface area contributed by atoms with Crippen molar-refractivity contribution >= 4 is 0 Å². The monoisotopic (exact) mass is 92.1 g/mol. The summed E-state index contributed by atoms with van der Waals surface area (Å²) in [7, 11) is 0. The van der Waals surface area contributed by atoms with E-state index in [4.69, 9.17) is 0 Å². The fourth-order valence-corrected chi connectivity index (χ4v) is 0.553. The van der Waals surface area contributed by atoms with Crippen molar-refractivity contribution in [3.05, 3.63) is 5.32 Å². The molecule has 0 aliphatic carbocycles. The van der Waals surface area contributed by atoms with Crippen LogP contribution in [0.5, 0.6) is 0 Å². The molecule has 0 aromatic rings. The molecule has 0 radical (unpaired) electrons. The summed E-state index contributed by atoms with van der Waals surface area (Å²) in [6.45, 7) is 4.19. The molecule has 1 N–H and O–H groups in total. The smallest absolute Gasteiger partial charge is 0.660 e. The molecule has 1 aliphatic rings. The Morgan fingerprint density at radius 3 is 1.86 bits per heavy atom. The standard InChI is InChI=1S/C4H9N2.Li/c1-2-6-4-3-5-1;/h5H,1-4H2;/q-1;+1. The van der Waals surface area contributed by atoms with Crippen molar-refractivity contribution < 1.29 is 18.9 Å². The first-order valence-electron chi connectivity index (χ1n) is 2.34. The summed E-state index contributed by atoms with van der Waals surface area (Å²) in [5, 5.41) is 7.31. The molecular weight excluding hydrogens is 83.0 g/mol. The van der Waals surface area contributed by atoms with E-state index in [0.717, 1.165) is 26.2 Å². The number of piperazine rings is 1. The van der Waals surface area contributed by atoms with Crippen molar-refractivity contribution in [2.24, 2.45) is 0 Å². The maximum Gasteiger partial charge on any atom is 1.00 e. The van der Waals surface area contributed by atoms with Crippen LogP contribution < -0.4 is 24.2 Å². The van der Waals surface area contributed by atoms with Crippen molar-refractivity contribution in [3.63, 3.8) is 0 Å². The Balaban J connectivity index is 0.000000360. The van der Waals surface area contributed by atoms with Crippen molar-refractivity contribution in [3.8, 4) is 0 Å². The van der Waals surface area contributed by atoms with Crippen LogP contribution in [-0.4, -0.2) is 26.2 Å². The minimum Gasteiger partial charge on any atom is -0.660 e. The van der Waals surface area contributed by atoms with Gasteiger partial charge in [-0.2, -0.15) is 0 Å². The first kappa shape index (κ1) is 7.52. The predicted octanol–water partition coefficient (Wildman–Crippen LogP) is -3.03. The predicted molar refractivity (Wildman–Crippen MR) is 26.0 cm³/mol. The first-order valence-corrected chi connectivity index (χ1v) is 2.34. The summed E-state index contributed by atoms with van der Waals surface area (Å²) in [5.74, 6) is 0. The van der Waals surface area contributed by atoms with Crippen LogP contribution in [0.25, 0.3) is 5.32 Å². The zero-order chi connectivity index (χ0) is 4.24. The summed E-state index contributed by atoms with van der Waals surface area (Å²) in [6.07, 6.45) is 0. The van der Waals surface area contributed by atoms with Crippen LogP contribution in [0.3, 0.4) is 0 Å². The second-order valence-corrected chi connectivity index (χ2v) is 1.42. The molecule has 0 spiro atoms. The summed E-state index contributed by atoms with van der Waals surface area (Å²) < 4.78 is 0. The Morgan fingerprint density at radius 1 is 1.14 bits per heavy atom. The number of rotatable bonds is 0. The second-order valence-electron chi connectivity index (χ2n) is 1.42. The van der Waals surface area contributed by atoms with Crippen LogP contribution in [0.4, 0.5) is 0 Å². The molecule has 0 aromatic carbocycles. The van der Waals surface area contributed by atoms with E-state index in [9.17, 15) is 0 Å². The molecule has 36 valence electrons. The van der Waals surface area contributed by atoms with Gasteiger partial charge < -0.3 is 10.6 Å². The quantitative estimate of drug-likeness (QED) is 0.316. The fourth-order valence-electron chi connectivity index (χ4n) is 0.553. The SMILES string of the molecule is C1CNCC[N-]1.[Li+]. The third-order valence-corrected chi connectivity index (χ3v) is 0.893. The Kier molecular flexibility index (Phi) is 5.02. The maximum atomic E-state index is 4.11. The average Bonchev–Trinajstić information content (AvgIpc) is 1.72. The molecule has 0 unspecified atom stereocenters. The average molecular weight is 92.1 g/mol. The number of hydrogen-bond acceptors (Lipinski definition) is 1. The van der Waals surface area contributed by atoms with Gasteiger partial charge in [-0.1, -0.05) is 0 Å². The molecule has 3 heteroatoms. The normalized spacial score (nSPS) is 20.6. The van der Waals surface area contributed by atoms with Gasteiger partial charge in [0.15, 0.2) is 0 Å². The van der Waals surface area contributed by atoms with Gasteiger partial charge in [-0.15, -0.1) is 13.1 Å². The Morgan fingerprint density at radius 2 is 1.71 bits per heavy atom. The van der Waals surface area contributed by atoms with Gasteiger partial charge in [-0.3, -0.25) is 0 Å². The van der Waals surface area contributed by atoms with E-state index in [1.165, 1.54) is 0 Å². The molecule has 0 amide bonds. The minimum absolute atomic E-state index is 0. The van der Waals surface area contributed by atoms with E-state index in [0.29, 0.717) is 0 Å². The van der Waals surface area contributed by atoms with E-state index in [1.54, 1.807) is 0 Å². The van der Waals surface area contributed by atoms with Gasteiger partial charge in [-0.25, -0.2) is 0 Å². The fraction of sp³-hybridized carbons (Fsp3) is 1.00. The van der Waals surface area contributed by atoms with Crippen LogP contribution in [-0.2, 0) is 0 Å². The molecule has 1 fully saturated rings. The van der Waals surface area contributed by atoms with Crippen molar-refractivity contribution in [1.82, 2.24) is 5.32 Å². The first-order chi connectivity index (χ1) is 3.00. The van der Waals surface area contributed by atoms with Gasteiger partial charge >= 0.3 is 18.9 Å². The molecule has 0 aromatic heterocycles. The van der Waals surface area contributed by atoms with Crippen LogP contribution in [0.2, 0.25) is 0 Å². The van der Waals surface area contributed by atoms with E-state index in [1.807, 2.05) is 0 Å².